The van der Waals surface area contributed by atoms with E-state index in [1.807, 2.05) is 37.4 Å². The van der Waals surface area contributed by atoms with Crippen molar-refractivity contribution < 1.29 is 13.2 Å². The van der Waals surface area contributed by atoms with Crippen molar-refractivity contribution in [2.75, 3.05) is 33.7 Å². The third kappa shape index (κ3) is 5.40. The Kier molecular flexibility index (Phi) is 7.52. The number of likely N-dealkylation sites (N-methyl/N-ethyl adjacent to an activating group) is 1. The van der Waals surface area contributed by atoms with Gasteiger partial charge >= 0.3 is 0 Å². The van der Waals surface area contributed by atoms with Crippen LogP contribution in [-0.2, 0) is 21.2 Å². The van der Waals surface area contributed by atoms with Crippen molar-refractivity contribution >= 4 is 27.5 Å². The molecule has 1 saturated heterocycles. The molecule has 1 aliphatic rings. The van der Waals surface area contributed by atoms with Crippen LogP contribution in [-0.4, -0.2) is 57.9 Å². The first kappa shape index (κ1) is 22.7. The Balaban J connectivity index is 1.81. The first-order chi connectivity index (χ1) is 14.3. The minimum absolute atomic E-state index is 0.0173. The molecular weight excluding hydrogens is 422 g/mol. The van der Waals surface area contributed by atoms with E-state index in [0.717, 1.165) is 25.2 Å². The molecule has 0 aliphatic carbocycles. The zero-order valence-corrected chi connectivity index (χ0v) is 18.9. The van der Waals surface area contributed by atoms with E-state index in [2.05, 4.69) is 9.62 Å². The number of carbonyl (C=O) groups excluding carboxylic acids is 1. The number of nitrogens with one attached hydrogen (secondary N) is 1. The monoisotopic (exact) mass is 449 g/mol. The first-order valence-electron chi connectivity index (χ1n) is 10.1. The Morgan fingerprint density at radius 2 is 1.83 bits per heavy atom. The van der Waals surface area contributed by atoms with Crippen molar-refractivity contribution in [2.24, 2.45) is 0 Å². The lowest BCUT2D eigenvalue weighted by molar-refractivity contribution is -0.131. The summed E-state index contributed by atoms with van der Waals surface area (Å²) in [5, 5.41) is 0.130. The van der Waals surface area contributed by atoms with E-state index < -0.39 is 10.0 Å². The van der Waals surface area contributed by atoms with Gasteiger partial charge in [-0.2, -0.15) is 0 Å². The van der Waals surface area contributed by atoms with Crippen LogP contribution in [0.25, 0.3) is 0 Å². The Hall–Kier alpha value is -1.93. The number of benzene rings is 2. The number of hydrogen-bond acceptors (Lipinski definition) is 4. The molecular formula is C22H28ClN3O3S. The van der Waals surface area contributed by atoms with Gasteiger partial charge in [0.15, 0.2) is 0 Å². The highest BCUT2D eigenvalue weighted by Gasteiger charge is 2.26. The summed E-state index contributed by atoms with van der Waals surface area (Å²) in [6, 6.07) is 14.7. The molecule has 162 valence electrons. The average Bonchev–Trinajstić information content (AvgIpc) is 3.26. The van der Waals surface area contributed by atoms with E-state index in [0.29, 0.717) is 5.56 Å². The highest BCUT2D eigenvalue weighted by atomic mass is 35.5. The van der Waals surface area contributed by atoms with Gasteiger partial charge in [0, 0.05) is 13.6 Å². The number of hydrogen-bond donors (Lipinski definition) is 1. The number of amides is 1. The molecule has 1 fully saturated rings. The Bertz CT molecular complexity index is 976. The van der Waals surface area contributed by atoms with Crippen LogP contribution in [0.2, 0.25) is 5.02 Å². The lowest BCUT2D eigenvalue weighted by atomic mass is 10.0. The highest BCUT2D eigenvalue weighted by Crippen LogP contribution is 2.26. The van der Waals surface area contributed by atoms with E-state index >= 15 is 0 Å². The van der Waals surface area contributed by atoms with Gasteiger partial charge in [0.25, 0.3) is 0 Å². The molecule has 0 saturated carbocycles. The summed E-state index contributed by atoms with van der Waals surface area (Å²) in [7, 11) is -0.546. The maximum Gasteiger partial charge on any atom is 0.241 e. The van der Waals surface area contributed by atoms with Gasteiger partial charge in [-0.25, -0.2) is 13.1 Å². The summed E-state index contributed by atoms with van der Waals surface area (Å²) in [5.74, 6) is -0.0711. The van der Waals surface area contributed by atoms with Gasteiger partial charge in [0.05, 0.1) is 17.5 Å². The van der Waals surface area contributed by atoms with E-state index in [1.54, 1.807) is 11.0 Å². The highest BCUT2D eigenvalue weighted by molar-refractivity contribution is 7.89. The zero-order valence-electron chi connectivity index (χ0n) is 17.3. The molecule has 6 nitrogen and oxygen atoms in total. The Morgan fingerprint density at radius 3 is 2.47 bits per heavy atom. The van der Waals surface area contributed by atoms with Crippen LogP contribution < -0.4 is 4.72 Å². The molecule has 8 heteroatoms. The SMILES string of the molecule is CNS(=O)(=O)c1cc(CC(=O)N(C)[C@H](CN2CCCC2)c2ccccc2)ccc1Cl. The number of halogens is 1. The molecule has 30 heavy (non-hydrogen) atoms. The van der Waals surface area contributed by atoms with Crippen LogP contribution in [0.5, 0.6) is 0 Å². The van der Waals surface area contributed by atoms with Gasteiger partial charge in [-0.3, -0.25) is 4.79 Å². The number of sulfonamides is 1. The quantitative estimate of drug-likeness (QED) is 0.672. The molecule has 0 aromatic heterocycles. The minimum atomic E-state index is -3.70. The van der Waals surface area contributed by atoms with Crippen molar-refractivity contribution in [2.45, 2.75) is 30.2 Å². The van der Waals surface area contributed by atoms with E-state index in [9.17, 15) is 13.2 Å². The molecule has 1 aliphatic heterocycles. The second-order valence-electron chi connectivity index (χ2n) is 7.59. The molecule has 2 aromatic carbocycles. The lowest BCUT2D eigenvalue weighted by Gasteiger charge is -2.32. The normalized spacial score (nSPS) is 15.8. The molecule has 2 aromatic rings. The summed E-state index contributed by atoms with van der Waals surface area (Å²) >= 11 is 6.06. The molecule has 1 atom stereocenters. The maximum atomic E-state index is 13.1. The fourth-order valence-corrected chi connectivity index (χ4v) is 5.06. The molecule has 0 unspecified atom stereocenters. The molecule has 0 radical (unpaired) electrons. The number of carbonyl (C=O) groups is 1. The second kappa shape index (κ2) is 9.92. The zero-order chi connectivity index (χ0) is 21.7. The smallest absolute Gasteiger partial charge is 0.241 e. The van der Waals surface area contributed by atoms with Crippen molar-refractivity contribution in [3.8, 4) is 0 Å². The molecule has 1 N–H and O–H groups in total. The number of rotatable bonds is 8. The number of nitrogens with zero attached hydrogens (tertiary/aromatic N) is 2. The lowest BCUT2D eigenvalue weighted by Crippen LogP contribution is -2.39. The molecule has 1 heterocycles. The summed E-state index contributed by atoms with van der Waals surface area (Å²) in [4.78, 5) is 17.3. The van der Waals surface area contributed by atoms with Crippen LogP contribution in [0.4, 0.5) is 0 Å². The van der Waals surface area contributed by atoms with Gasteiger partial charge in [-0.1, -0.05) is 48.0 Å². The van der Waals surface area contributed by atoms with Gasteiger partial charge in [-0.05, 0) is 56.2 Å². The topological polar surface area (TPSA) is 69.7 Å². The van der Waals surface area contributed by atoms with E-state index in [1.165, 1.54) is 32.0 Å². The number of likely N-dealkylation sites (tertiary alicyclic amines) is 1. The summed E-state index contributed by atoms with van der Waals surface area (Å²) < 4.78 is 26.6. The average molecular weight is 450 g/mol. The van der Waals surface area contributed by atoms with Crippen LogP contribution in [0.15, 0.2) is 53.4 Å². The standard InChI is InChI=1S/C22H28ClN3O3S/c1-24-30(28,29)21-14-17(10-11-19(21)23)15-22(27)25(2)20(16-26-12-6-7-13-26)18-8-4-3-5-9-18/h3-5,8-11,14,20,24H,6-7,12-13,15-16H2,1-2H3/t20-/m1/s1. The van der Waals surface area contributed by atoms with Crippen molar-refractivity contribution in [1.29, 1.82) is 0 Å². The fourth-order valence-electron chi connectivity index (χ4n) is 3.78. The van der Waals surface area contributed by atoms with Crippen LogP contribution >= 0.6 is 11.6 Å². The third-order valence-electron chi connectivity index (χ3n) is 5.58. The van der Waals surface area contributed by atoms with Crippen LogP contribution in [0.1, 0.15) is 30.0 Å². The predicted molar refractivity (Wildman–Crippen MR) is 119 cm³/mol. The Morgan fingerprint density at radius 1 is 1.17 bits per heavy atom. The van der Waals surface area contributed by atoms with E-state index in [4.69, 9.17) is 11.6 Å². The molecule has 0 spiro atoms. The summed E-state index contributed by atoms with van der Waals surface area (Å²) in [5.41, 5.74) is 1.70. The maximum absolute atomic E-state index is 13.1. The van der Waals surface area contributed by atoms with E-state index in [-0.39, 0.29) is 28.3 Å². The van der Waals surface area contributed by atoms with Gasteiger partial charge in [0.1, 0.15) is 4.90 Å². The minimum Gasteiger partial charge on any atom is -0.337 e. The van der Waals surface area contributed by atoms with Crippen LogP contribution in [0, 0.1) is 0 Å². The summed E-state index contributed by atoms with van der Waals surface area (Å²) in [6.07, 6.45) is 2.47. The molecule has 3 rings (SSSR count). The van der Waals surface area contributed by atoms with Crippen molar-refractivity contribution in [1.82, 2.24) is 14.5 Å². The van der Waals surface area contributed by atoms with Crippen molar-refractivity contribution in [3.63, 3.8) is 0 Å². The van der Waals surface area contributed by atoms with Gasteiger partial charge in [-0.15, -0.1) is 0 Å². The van der Waals surface area contributed by atoms with Crippen LogP contribution in [0.3, 0.4) is 0 Å². The largest absolute Gasteiger partial charge is 0.337 e. The van der Waals surface area contributed by atoms with Crippen molar-refractivity contribution in [3.05, 3.63) is 64.7 Å². The predicted octanol–water partition coefficient (Wildman–Crippen LogP) is 3.09. The third-order valence-corrected chi connectivity index (χ3v) is 7.48. The molecule has 0 bridgehead atoms. The first-order valence-corrected chi connectivity index (χ1v) is 11.9. The molecule has 1 amide bonds. The second-order valence-corrected chi connectivity index (χ2v) is 9.85. The fraction of sp³-hybridized carbons (Fsp3) is 0.409. The van der Waals surface area contributed by atoms with Gasteiger partial charge < -0.3 is 9.80 Å². The summed E-state index contributed by atoms with van der Waals surface area (Å²) in [6.45, 7) is 2.88. The van der Waals surface area contributed by atoms with Gasteiger partial charge in [0.2, 0.25) is 15.9 Å². The Labute approximate surface area is 183 Å².